The van der Waals surface area contributed by atoms with Crippen LogP contribution in [-0.4, -0.2) is 86.2 Å². The van der Waals surface area contributed by atoms with Crippen molar-refractivity contribution in [2.24, 2.45) is 0 Å². The first-order chi connectivity index (χ1) is 13.2. The maximum absolute atomic E-state index is 5.07. The predicted molar refractivity (Wildman–Crippen MR) is 111 cm³/mol. The second-order valence-corrected chi connectivity index (χ2v) is 7.76. The van der Waals surface area contributed by atoms with E-state index >= 15 is 0 Å². The number of hydrogen-bond acceptors (Lipinski definition) is 6. The maximum atomic E-state index is 5.07. The fourth-order valence-corrected chi connectivity index (χ4v) is 3.78. The summed E-state index contributed by atoms with van der Waals surface area (Å²) in [5.74, 6) is 2.00. The monoisotopic (exact) mass is 366 g/mol. The van der Waals surface area contributed by atoms with Crippen molar-refractivity contribution >= 4 is 11.8 Å². The smallest absolute Gasteiger partial charge is 0.227 e. The summed E-state index contributed by atoms with van der Waals surface area (Å²) in [6.45, 7) is 8.34. The van der Waals surface area contributed by atoms with Gasteiger partial charge in [0, 0.05) is 70.5 Å². The molecule has 1 aromatic carbocycles. The molecule has 0 bridgehead atoms. The van der Waals surface area contributed by atoms with Crippen LogP contribution in [-0.2, 0) is 6.42 Å². The molecular formula is C21H30N6. The number of hydrogen-bond donors (Lipinski definition) is 0. The lowest BCUT2D eigenvalue weighted by Crippen LogP contribution is -2.46. The summed E-state index contributed by atoms with van der Waals surface area (Å²) < 4.78 is 0. The van der Waals surface area contributed by atoms with Crippen LogP contribution >= 0.6 is 0 Å². The van der Waals surface area contributed by atoms with Crippen LogP contribution in [0.5, 0.6) is 0 Å². The third kappa shape index (κ3) is 4.39. The normalized spacial score (nSPS) is 19.5. The SMILES string of the molecule is CN1CCN(c2ncc(Cc3ccccc3)c(N3CCN(C)CC3)n2)CC1. The molecule has 2 saturated heterocycles. The van der Waals surface area contributed by atoms with E-state index in [9.17, 15) is 0 Å². The van der Waals surface area contributed by atoms with Crippen molar-refractivity contribution in [3.05, 3.63) is 47.7 Å². The molecule has 0 amide bonds. The molecule has 0 radical (unpaired) electrons. The van der Waals surface area contributed by atoms with Gasteiger partial charge in [0.2, 0.25) is 5.95 Å². The highest BCUT2D eigenvalue weighted by molar-refractivity contribution is 5.52. The molecule has 0 atom stereocenters. The van der Waals surface area contributed by atoms with E-state index in [4.69, 9.17) is 9.97 Å². The number of rotatable bonds is 4. The average Bonchev–Trinajstić information content (AvgIpc) is 2.70. The first-order valence-electron chi connectivity index (χ1n) is 9.96. The van der Waals surface area contributed by atoms with E-state index in [-0.39, 0.29) is 0 Å². The molecule has 6 nitrogen and oxygen atoms in total. The lowest BCUT2D eigenvalue weighted by molar-refractivity contribution is 0.309. The largest absolute Gasteiger partial charge is 0.354 e. The molecular weight excluding hydrogens is 336 g/mol. The molecule has 1 aromatic heterocycles. The van der Waals surface area contributed by atoms with E-state index in [0.29, 0.717) is 0 Å². The highest BCUT2D eigenvalue weighted by Gasteiger charge is 2.22. The number of piperazine rings is 2. The van der Waals surface area contributed by atoms with Crippen LogP contribution in [0, 0.1) is 0 Å². The van der Waals surface area contributed by atoms with E-state index in [0.717, 1.165) is 70.5 Å². The van der Waals surface area contributed by atoms with Gasteiger partial charge in [-0.05, 0) is 19.7 Å². The van der Waals surface area contributed by atoms with Crippen LogP contribution in [0.3, 0.4) is 0 Å². The summed E-state index contributed by atoms with van der Waals surface area (Å²) in [6.07, 6.45) is 2.94. The number of anilines is 2. The Morgan fingerprint density at radius 3 is 2.00 bits per heavy atom. The van der Waals surface area contributed by atoms with Crippen molar-refractivity contribution in [1.29, 1.82) is 0 Å². The van der Waals surface area contributed by atoms with Gasteiger partial charge in [0.05, 0.1) is 0 Å². The topological polar surface area (TPSA) is 38.7 Å². The van der Waals surface area contributed by atoms with Gasteiger partial charge in [0.15, 0.2) is 0 Å². The molecule has 0 spiro atoms. The Labute approximate surface area is 162 Å². The number of likely N-dealkylation sites (N-methyl/N-ethyl adjacent to an activating group) is 2. The van der Waals surface area contributed by atoms with Crippen LogP contribution in [0.4, 0.5) is 11.8 Å². The first kappa shape index (κ1) is 18.2. The van der Waals surface area contributed by atoms with E-state index in [1.165, 1.54) is 11.1 Å². The molecule has 27 heavy (non-hydrogen) atoms. The van der Waals surface area contributed by atoms with Crippen molar-refractivity contribution in [2.75, 3.05) is 76.3 Å². The Morgan fingerprint density at radius 1 is 0.778 bits per heavy atom. The molecule has 2 fully saturated rings. The Morgan fingerprint density at radius 2 is 1.37 bits per heavy atom. The van der Waals surface area contributed by atoms with Crippen LogP contribution in [0.15, 0.2) is 36.5 Å². The minimum Gasteiger partial charge on any atom is -0.354 e. The van der Waals surface area contributed by atoms with Crippen molar-refractivity contribution < 1.29 is 0 Å². The van der Waals surface area contributed by atoms with E-state index in [2.05, 4.69) is 70.2 Å². The Bertz CT molecular complexity index is 734. The Hall–Kier alpha value is -2.18. The van der Waals surface area contributed by atoms with Gasteiger partial charge < -0.3 is 19.6 Å². The standard InChI is InChI=1S/C21H30N6/c1-24-8-12-26(13-9-24)20-19(16-18-6-4-3-5-7-18)17-22-21(23-20)27-14-10-25(2)11-15-27/h3-7,17H,8-16H2,1-2H3. The van der Waals surface area contributed by atoms with Gasteiger partial charge in [-0.3, -0.25) is 0 Å². The second-order valence-electron chi connectivity index (χ2n) is 7.76. The molecule has 2 aliphatic heterocycles. The number of nitrogens with zero attached hydrogens (tertiary/aromatic N) is 6. The summed E-state index contributed by atoms with van der Waals surface area (Å²) in [6, 6.07) is 10.6. The van der Waals surface area contributed by atoms with E-state index < -0.39 is 0 Å². The van der Waals surface area contributed by atoms with Gasteiger partial charge in [-0.1, -0.05) is 30.3 Å². The summed E-state index contributed by atoms with van der Waals surface area (Å²) in [4.78, 5) is 19.3. The van der Waals surface area contributed by atoms with Crippen molar-refractivity contribution in [3.63, 3.8) is 0 Å². The van der Waals surface area contributed by atoms with Crippen LogP contribution in [0.25, 0.3) is 0 Å². The molecule has 4 rings (SSSR count). The fourth-order valence-electron chi connectivity index (χ4n) is 3.78. The minimum atomic E-state index is 0.880. The number of benzene rings is 1. The summed E-state index contributed by atoms with van der Waals surface area (Å²) in [5, 5.41) is 0. The lowest BCUT2D eigenvalue weighted by atomic mass is 10.1. The van der Waals surface area contributed by atoms with Gasteiger partial charge in [-0.2, -0.15) is 4.98 Å². The van der Waals surface area contributed by atoms with Gasteiger partial charge >= 0.3 is 0 Å². The van der Waals surface area contributed by atoms with Gasteiger partial charge in [0.1, 0.15) is 5.82 Å². The molecule has 2 aromatic rings. The quantitative estimate of drug-likeness (QED) is 0.818. The highest BCUT2D eigenvalue weighted by atomic mass is 15.3. The molecule has 0 N–H and O–H groups in total. The zero-order chi connectivity index (χ0) is 18.6. The zero-order valence-corrected chi connectivity index (χ0v) is 16.5. The molecule has 6 heteroatoms. The maximum Gasteiger partial charge on any atom is 0.227 e. The van der Waals surface area contributed by atoms with Crippen molar-refractivity contribution in [3.8, 4) is 0 Å². The Kier molecular flexibility index (Phi) is 5.55. The number of aromatic nitrogens is 2. The third-order valence-electron chi connectivity index (χ3n) is 5.66. The molecule has 3 heterocycles. The molecule has 2 aliphatic rings. The Balaban J connectivity index is 1.61. The molecule has 144 valence electrons. The summed E-state index contributed by atoms with van der Waals surface area (Å²) >= 11 is 0. The van der Waals surface area contributed by atoms with Gasteiger partial charge in [0.25, 0.3) is 0 Å². The van der Waals surface area contributed by atoms with Crippen LogP contribution in [0.1, 0.15) is 11.1 Å². The third-order valence-corrected chi connectivity index (χ3v) is 5.66. The zero-order valence-electron chi connectivity index (χ0n) is 16.5. The van der Waals surface area contributed by atoms with Crippen molar-refractivity contribution in [2.45, 2.75) is 6.42 Å². The minimum absolute atomic E-state index is 0.880. The molecule has 0 saturated carbocycles. The predicted octanol–water partition coefficient (Wildman–Crippen LogP) is 1.57. The highest BCUT2D eigenvalue weighted by Crippen LogP contribution is 2.25. The first-order valence-corrected chi connectivity index (χ1v) is 9.96. The van der Waals surface area contributed by atoms with Crippen LogP contribution in [0.2, 0.25) is 0 Å². The summed E-state index contributed by atoms with van der Waals surface area (Å²) in [7, 11) is 4.37. The van der Waals surface area contributed by atoms with E-state index in [1.54, 1.807) is 0 Å². The van der Waals surface area contributed by atoms with Gasteiger partial charge in [-0.15, -0.1) is 0 Å². The second kappa shape index (κ2) is 8.23. The summed E-state index contributed by atoms with van der Waals surface area (Å²) in [5.41, 5.74) is 2.53. The van der Waals surface area contributed by atoms with E-state index in [1.807, 2.05) is 0 Å². The lowest BCUT2D eigenvalue weighted by Gasteiger charge is -2.36. The molecule has 0 aliphatic carbocycles. The average molecular weight is 367 g/mol. The van der Waals surface area contributed by atoms with Gasteiger partial charge in [-0.25, -0.2) is 4.98 Å². The molecule has 0 unspecified atom stereocenters. The van der Waals surface area contributed by atoms with Crippen LogP contribution < -0.4 is 9.80 Å². The van der Waals surface area contributed by atoms with Crippen molar-refractivity contribution in [1.82, 2.24) is 19.8 Å². The fraction of sp³-hybridized carbons (Fsp3) is 0.524.